The lowest BCUT2D eigenvalue weighted by molar-refractivity contribution is 0.564. The molecule has 2 aromatic carbocycles. The van der Waals surface area contributed by atoms with Crippen molar-refractivity contribution in [2.24, 2.45) is 15.0 Å². The van der Waals surface area contributed by atoms with E-state index in [1.165, 1.54) is 18.2 Å². The van der Waals surface area contributed by atoms with Crippen LogP contribution in [0.25, 0.3) is 0 Å². The molecule has 0 fully saturated rings. The highest BCUT2D eigenvalue weighted by atomic mass is 16.1. The molecule has 0 amide bonds. The van der Waals surface area contributed by atoms with Crippen LogP contribution < -0.4 is 0 Å². The van der Waals surface area contributed by atoms with Crippen molar-refractivity contribution in [1.29, 1.82) is 0 Å². The Labute approximate surface area is 131 Å². The zero-order chi connectivity index (χ0) is 16.7. The minimum absolute atomic E-state index is 0.357. The van der Waals surface area contributed by atoms with Crippen LogP contribution in [0.15, 0.2) is 51.4 Å². The molecular weight excluding hydrogens is 294 g/mol. The number of nitrogens with zero attached hydrogens (tertiary/aromatic N) is 3. The Hall–Kier alpha value is -3.42. The van der Waals surface area contributed by atoms with Crippen LogP contribution in [0, 0.1) is 6.92 Å². The van der Waals surface area contributed by atoms with Gasteiger partial charge in [-0.3, -0.25) is 0 Å². The minimum atomic E-state index is 0.357. The summed E-state index contributed by atoms with van der Waals surface area (Å²) >= 11 is 0. The summed E-state index contributed by atoms with van der Waals surface area (Å²) in [5, 5.41) is 0. The highest BCUT2D eigenvalue weighted by Gasteiger charge is 2.11. The van der Waals surface area contributed by atoms with Gasteiger partial charge in [-0.1, -0.05) is 12.1 Å². The molecule has 0 atom stereocenters. The van der Waals surface area contributed by atoms with Crippen molar-refractivity contribution in [3.05, 3.63) is 53.1 Å². The Morgan fingerprint density at radius 3 is 2.04 bits per heavy atom. The third kappa shape index (κ3) is 3.82. The molecule has 0 saturated heterocycles. The maximum absolute atomic E-state index is 10.6. The Morgan fingerprint density at radius 2 is 1.48 bits per heavy atom. The van der Waals surface area contributed by atoms with Crippen molar-refractivity contribution in [1.82, 2.24) is 0 Å². The predicted octanol–water partition coefficient (Wildman–Crippen LogP) is 3.49. The van der Waals surface area contributed by atoms with Gasteiger partial charge >= 0.3 is 0 Å². The van der Waals surface area contributed by atoms with Gasteiger partial charge in [-0.2, -0.15) is 15.0 Å². The third-order valence-electron chi connectivity index (χ3n) is 3.33. The summed E-state index contributed by atoms with van der Waals surface area (Å²) in [6, 6.07) is 10.1. The van der Waals surface area contributed by atoms with E-state index in [1.807, 2.05) is 13.0 Å². The number of hydrogen-bond donors (Lipinski definition) is 0. The van der Waals surface area contributed by atoms with Gasteiger partial charge in [-0.15, -0.1) is 0 Å². The lowest BCUT2D eigenvalue weighted by Crippen LogP contribution is -1.93. The van der Waals surface area contributed by atoms with Gasteiger partial charge in [0.15, 0.2) is 0 Å². The number of aliphatic imine (C=N–C) groups is 3. The van der Waals surface area contributed by atoms with E-state index in [9.17, 15) is 14.4 Å². The monoisotopic (exact) mass is 305 g/mol. The van der Waals surface area contributed by atoms with Crippen LogP contribution in [0.1, 0.15) is 16.7 Å². The van der Waals surface area contributed by atoms with Gasteiger partial charge < -0.3 is 0 Å². The molecule has 2 aromatic rings. The molecule has 2 rings (SSSR count). The number of isocyanates is 3. The van der Waals surface area contributed by atoms with Gasteiger partial charge in [0.1, 0.15) is 0 Å². The third-order valence-corrected chi connectivity index (χ3v) is 3.33. The quantitative estimate of drug-likeness (QED) is 0.625. The summed E-state index contributed by atoms with van der Waals surface area (Å²) < 4.78 is 0. The van der Waals surface area contributed by atoms with Gasteiger partial charge in [0, 0.05) is 12.0 Å². The maximum atomic E-state index is 10.6. The fourth-order valence-electron chi connectivity index (χ4n) is 2.21. The maximum Gasteiger partial charge on any atom is 0.240 e. The summed E-state index contributed by atoms with van der Waals surface area (Å²) in [6.07, 6.45) is 4.83. The van der Waals surface area contributed by atoms with E-state index in [-0.39, 0.29) is 0 Å². The van der Waals surface area contributed by atoms with Gasteiger partial charge in [-0.05, 0) is 42.3 Å². The van der Waals surface area contributed by atoms with Crippen LogP contribution in [0.4, 0.5) is 17.1 Å². The predicted molar refractivity (Wildman–Crippen MR) is 83.8 cm³/mol. The fraction of sp³-hybridized carbons (Fsp3) is 0.118. The number of benzene rings is 2. The summed E-state index contributed by atoms with van der Waals surface area (Å²) in [5.41, 5.74) is 3.63. The zero-order valence-electron chi connectivity index (χ0n) is 12.2. The summed E-state index contributed by atoms with van der Waals surface area (Å²) in [6.45, 7) is 1.90. The Morgan fingerprint density at radius 1 is 0.870 bits per heavy atom. The van der Waals surface area contributed by atoms with Crippen LogP contribution in [0.5, 0.6) is 0 Å². The van der Waals surface area contributed by atoms with Gasteiger partial charge in [0.05, 0.1) is 17.1 Å². The molecule has 6 heteroatoms. The first-order valence-corrected chi connectivity index (χ1v) is 6.64. The van der Waals surface area contributed by atoms with Crippen molar-refractivity contribution in [3.8, 4) is 0 Å². The number of hydrogen-bond acceptors (Lipinski definition) is 6. The second-order valence-electron chi connectivity index (χ2n) is 4.67. The van der Waals surface area contributed by atoms with E-state index in [0.29, 0.717) is 29.0 Å². The molecule has 0 radical (unpaired) electrons. The van der Waals surface area contributed by atoms with Gasteiger partial charge in [0.2, 0.25) is 18.2 Å². The van der Waals surface area contributed by atoms with E-state index < -0.39 is 0 Å². The molecule has 0 heterocycles. The first-order valence-electron chi connectivity index (χ1n) is 6.64. The molecule has 0 aliphatic carbocycles. The molecule has 0 aromatic heterocycles. The molecule has 0 aliphatic heterocycles. The van der Waals surface area contributed by atoms with E-state index >= 15 is 0 Å². The fourth-order valence-corrected chi connectivity index (χ4v) is 2.21. The van der Waals surface area contributed by atoms with Crippen molar-refractivity contribution < 1.29 is 14.4 Å². The second kappa shape index (κ2) is 7.55. The Balaban J connectivity index is 2.59. The van der Waals surface area contributed by atoms with Crippen molar-refractivity contribution in [3.63, 3.8) is 0 Å². The summed E-state index contributed by atoms with van der Waals surface area (Å²) in [4.78, 5) is 42.5. The first-order chi connectivity index (χ1) is 11.2. The van der Waals surface area contributed by atoms with Crippen molar-refractivity contribution in [2.75, 3.05) is 0 Å². The number of rotatable bonds is 5. The summed E-state index contributed by atoms with van der Waals surface area (Å²) in [5.74, 6) is 0. The molecule has 0 spiro atoms. The standard InChI is InChI=1S/C17H11N3O3/c1-12-5-6-14(18-9-21)7-13(12)8-15-16(19-10-22)3-2-4-17(15)20-11-23/h2-7H,8H2,1H3. The minimum Gasteiger partial charge on any atom is -0.211 e. The molecule has 23 heavy (non-hydrogen) atoms. The van der Waals surface area contributed by atoms with Gasteiger partial charge in [0.25, 0.3) is 0 Å². The Bertz CT molecular complexity index is 850. The first kappa shape index (κ1) is 16.0. The van der Waals surface area contributed by atoms with Crippen LogP contribution in [-0.4, -0.2) is 18.2 Å². The van der Waals surface area contributed by atoms with E-state index in [0.717, 1.165) is 11.1 Å². The molecule has 0 bridgehead atoms. The lowest BCUT2D eigenvalue weighted by Gasteiger charge is -2.10. The molecule has 0 saturated carbocycles. The SMILES string of the molecule is Cc1ccc(N=C=O)cc1Cc1c(N=C=O)cccc1N=C=O. The van der Waals surface area contributed by atoms with E-state index in [4.69, 9.17) is 0 Å². The van der Waals surface area contributed by atoms with Crippen molar-refractivity contribution in [2.45, 2.75) is 13.3 Å². The lowest BCUT2D eigenvalue weighted by atomic mass is 9.97. The molecule has 112 valence electrons. The molecule has 0 N–H and O–H groups in total. The van der Waals surface area contributed by atoms with E-state index in [1.54, 1.807) is 30.3 Å². The number of carbonyl (C=O) groups excluding carboxylic acids is 3. The van der Waals surface area contributed by atoms with Crippen LogP contribution in [0.3, 0.4) is 0 Å². The van der Waals surface area contributed by atoms with Crippen molar-refractivity contribution >= 4 is 35.3 Å². The zero-order valence-corrected chi connectivity index (χ0v) is 12.2. The molecule has 0 aliphatic rings. The Kier molecular flexibility index (Phi) is 5.24. The topological polar surface area (TPSA) is 88.3 Å². The average Bonchev–Trinajstić information content (AvgIpc) is 2.54. The van der Waals surface area contributed by atoms with Crippen LogP contribution in [0.2, 0.25) is 0 Å². The van der Waals surface area contributed by atoms with E-state index in [2.05, 4.69) is 15.0 Å². The molecule has 6 nitrogen and oxygen atoms in total. The van der Waals surface area contributed by atoms with Gasteiger partial charge in [-0.25, -0.2) is 14.4 Å². The highest BCUT2D eigenvalue weighted by molar-refractivity contribution is 5.67. The number of aryl methyl sites for hydroxylation is 1. The molecule has 0 unspecified atom stereocenters. The van der Waals surface area contributed by atoms with Crippen LogP contribution >= 0.6 is 0 Å². The van der Waals surface area contributed by atoms with Crippen LogP contribution in [-0.2, 0) is 20.8 Å². The molecular formula is C17H11N3O3. The largest absolute Gasteiger partial charge is 0.240 e. The smallest absolute Gasteiger partial charge is 0.211 e. The average molecular weight is 305 g/mol. The normalized spacial score (nSPS) is 9.26. The second-order valence-corrected chi connectivity index (χ2v) is 4.67. The summed E-state index contributed by atoms with van der Waals surface area (Å²) in [7, 11) is 0. The highest BCUT2D eigenvalue weighted by Crippen LogP contribution is 2.32.